The van der Waals surface area contributed by atoms with E-state index in [1.54, 1.807) is 0 Å². The van der Waals surface area contributed by atoms with Gasteiger partial charge >= 0.3 is 11.8 Å². The maximum absolute atomic E-state index is 12.6. The van der Waals surface area contributed by atoms with Gasteiger partial charge in [-0.25, -0.2) is 0 Å². The van der Waals surface area contributed by atoms with E-state index in [0.717, 1.165) is 37.1 Å². The summed E-state index contributed by atoms with van der Waals surface area (Å²) >= 11 is 0. The third-order valence-corrected chi connectivity index (χ3v) is 6.15. The molecule has 160 valence electrons. The van der Waals surface area contributed by atoms with Crippen LogP contribution in [0.15, 0.2) is 60.7 Å². The smallest absolute Gasteiger partial charge is 0.313 e. The fourth-order valence-corrected chi connectivity index (χ4v) is 4.48. The van der Waals surface area contributed by atoms with Gasteiger partial charge in [-0.15, -0.1) is 0 Å². The van der Waals surface area contributed by atoms with Gasteiger partial charge in [0.1, 0.15) is 0 Å². The quantitative estimate of drug-likeness (QED) is 0.609. The van der Waals surface area contributed by atoms with Crippen molar-refractivity contribution in [2.75, 3.05) is 25.0 Å². The third kappa shape index (κ3) is 4.62. The number of hydrogen-bond acceptors (Lipinski definition) is 3. The molecule has 0 radical (unpaired) electrons. The zero-order chi connectivity index (χ0) is 21.8. The molecule has 3 aromatic rings. The molecule has 0 spiro atoms. The number of nitrogens with zero attached hydrogens (tertiary/aromatic N) is 1. The van der Waals surface area contributed by atoms with Crippen LogP contribution in [-0.4, -0.2) is 36.3 Å². The molecule has 1 fully saturated rings. The van der Waals surface area contributed by atoms with Crippen LogP contribution in [0.2, 0.25) is 0 Å². The lowest BCUT2D eigenvalue weighted by Gasteiger charge is -2.29. The zero-order valence-electron chi connectivity index (χ0n) is 18.2. The molecule has 1 aliphatic rings. The molecule has 1 aliphatic heterocycles. The number of amides is 2. The first-order valence-corrected chi connectivity index (χ1v) is 10.9. The predicted octanol–water partition coefficient (Wildman–Crippen LogP) is 4.35. The fraction of sp³-hybridized carbons (Fsp3) is 0.308. The Morgan fingerprint density at radius 3 is 2.26 bits per heavy atom. The largest absolute Gasteiger partial charge is 0.346 e. The highest BCUT2D eigenvalue weighted by Gasteiger charge is 2.26. The van der Waals surface area contributed by atoms with Crippen LogP contribution in [0.4, 0.5) is 5.69 Å². The maximum atomic E-state index is 12.6. The molecule has 31 heavy (non-hydrogen) atoms. The number of hydrogen-bond donors (Lipinski definition) is 2. The first-order chi connectivity index (χ1) is 15.0. The Morgan fingerprint density at radius 2 is 1.52 bits per heavy atom. The van der Waals surface area contributed by atoms with E-state index < -0.39 is 11.8 Å². The Balaban J connectivity index is 1.51. The van der Waals surface area contributed by atoms with Crippen molar-refractivity contribution in [3.8, 4) is 0 Å². The van der Waals surface area contributed by atoms with Gasteiger partial charge in [0, 0.05) is 12.2 Å². The summed E-state index contributed by atoms with van der Waals surface area (Å²) in [6, 6.07) is 20.4. The number of nitrogens with one attached hydrogen (secondary N) is 2. The van der Waals surface area contributed by atoms with Crippen molar-refractivity contribution >= 4 is 28.3 Å². The monoisotopic (exact) mass is 415 g/mol. The minimum atomic E-state index is -0.629. The van der Waals surface area contributed by atoms with Crippen LogP contribution in [0.5, 0.6) is 0 Å². The van der Waals surface area contributed by atoms with E-state index in [4.69, 9.17) is 0 Å². The van der Waals surface area contributed by atoms with E-state index in [0.29, 0.717) is 12.2 Å². The highest BCUT2D eigenvalue weighted by Crippen LogP contribution is 2.30. The summed E-state index contributed by atoms with van der Waals surface area (Å²) in [4.78, 5) is 27.6. The molecule has 1 heterocycles. The first-order valence-electron chi connectivity index (χ1n) is 10.9. The van der Waals surface area contributed by atoms with Gasteiger partial charge in [0.25, 0.3) is 0 Å². The van der Waals surface area contributed by atoms with Gasteiger partial charge in [-0.3, -0.25) is 14.5 Å². The highest BCUT2D eigenvalue weighted by molar-refractivity contribution is 6.39. The van der Waals surface area contributed by atoms with Crippen LogP contribution in [0.1, 0.15) is 35.6 Å². The normalized spacial score (nSPS) is 15.0. The van der Waals surface area contributed by atoms with Crippen LogP contribution in [0.25, 0.3) is 10.8 Å². The lowest BCUT2D eigenvalue weighted by atomic mass is 9.97. The Labute approximate surface area is 183 Å². The minimum Gasteiger partial charge on any atom is -0.346 e. The molecule has 0 unspecified atom stereocenters. The molecule has 5 nitrogen and oxygen atoms in total. The van der Waals surface area contributed by atoms with Gasteiger partial charge in [0.15, 0.2) is 0 Å². The second-order valence-corrected chi connectivity index (χ2v) is 8.26. The summed E-state index contributed by atoms with van der Waals surface area (Å²) in [6.07, 6.45) is 2.31. The topological polar surface area (TPSA) is 61.4 Å². The molecule has 5 heteroatoms. The average Bonchev–Trinajstić information content (AvgIpc) is 3.31. The lowest BCUT2D eigenvalue weighted by Crippen LogP contribution is -2.41. The summed E-state index contributed by atoms with van der Waals surface area (Å²) in [7, 11) is 0. The average molecular weight is 416 g/mol. The van der Waals surface area contributed by atoms with E-state index in [-0.39, 0.29) is 6.04 Å². The van der Waals surface area contributed by atoms with Gasteiger partial charge < -0.3 is 10.6 Å². The number of likely N-dealkylation sites (tertiary alicyclic amines) is 1. The number of aryl methyl sites for hydroxylation is 2. The highest BCUT2D eigenvalue weighted by atomic mass is 16.2. The minimum absolute atomic E-state index is 0.0329. The molecule has 0 aliphatic carbocycles. The summed E-state index contributed by atoms with van der Waals surface area (Å²) in [5, 5.41) is 8.04. The van der Waals surface area contributed by atoms with Crippen LogP contribution in [0, 0.1) is 13.8 Å². The number of benzene rings is 3. The van der Waals surface area contributed by atoms with Crippen molar-refractivity contribution in [3.63, 3.8) is 0 Å². The Kier molecular flexibility index (Phi) is 6.33. The SMILES string of the molecule is Cc1cccc(C)c1NC(=O)C(=O)NC[C@@H](c1cccc2ccccc12)N1CCCC1. The summed E-state index contributed by atoms with van der Waals surface area (Å²) < 4.78 is 0. The number of fused-ring (bicyclic) bond motifs is 1. The number of anilines is 1. The first kappa shape index (κ1) is 21.1. The summed E-state index contributed by atoms with van der Waals surface area (Å²) in [5.41, 5.74) is 3.77. The van der Waals surface area contributed by atoms with Crippen molar-refractivity contribution in [1.29, 1.82) is 0 Å². The predicted molar refractivity (Wildman–Crippen MR) is 125 cm³/mol. The van der Waals surface area contributed by atoms with E-state index >= 15 is 0 Å². The lowest BCUT2D eigenvalue weighted by molar-refractivity contribution is -0.136. The Bertz CT molecular complexity index is 1080. The molecule has 2 amide bonds. The molecule has 1 saturated heterocycles. The van der Waals surface area contributed by atoms with Crippen LogP contribution in [-0.2, 0) is 9.59 Å². The van der Waals surface area contributed by atoms with Crippen molar-refractivity contribution in [2.24, 2.45) is 0 Å². The number of rotatable bonds is 5. The summed E-state index contributed by atoms with van der Waals surface area (Å²) in [6.45, 7) is 6.23. The zero-order valence-corrected chi connectivity index (χ0v) is 18.2. The van der Waals surface area contributed by atoms with Crippen molar-refractivity contribution < 1.29 is 9.59 Å². The number of carbonyl (C=O) groups is 2. The second kappa shape index (κ2) is 9.31. The number of para-hydroxylation sites is 1. The Hall–Kier alpha value is -3.18. The molecular weight excluding hydrogens is 386 g/mol. The van der Waals surface area contributed by atoms with E-state index in [1.807, 2.05) is 44.2 Å². The molecule has 0 bridgehead atoms. The molecule has 4 rings (SSSR count). The molecule has 1 atom stereocenters. The maximum Gasteiger partial charge on any atom is 0.313 e. The Morgan fingerprint density at radius 1 is 0.871 bits per heavy atom. The standard InChI is InChI=1S/C26H29N3O2/c1-18-9-7-10-19(2)24(18)28-26(31)25(30)27-17-23(29-15-5-6-16-29)22-14-8-12-20-11-3-4-13-21(20)22/h3-4,7-14,23H,5-6,15-17H2,1-2H3,(H,27,30)(H,28,31)/t23-/m0/s1. The molecule has 0 saturated carbocycles. The molecule has 3 aromatic carbocycles. The van der Waals surface area contributed by atoms with Gasteiger partial charge in [0.2, 0.25) is 0 Å². The van der Waals surface area contributed by atoms with E-state index in [1.165, 1.54) is 16.3 Å². The van der Waals surface area contributed by atoms with E-state index in [9.17, 15) is 9.59 Å². The molecule has 0 aromatic heterocycles. The third-order valence-electron chi connectivity index (χ3n) is 6.15. The van der Waals surface area contributed by atoms with Crippen LogP contribution in [0.3, 0.4) is 0 Å². The van der Waals surface area contributed by atoms with Crippen molar-refractivity contribution in [2.45, 2.75) is 32.7 Å². The number of carbonyl (C=O) groups excluding carboxylic acids is 2. The van der Waals surface area contributed by atoms with Crippen LogP contribution >= 0.6 is 0 Å². The summed E-state index contributed by atoms with van der Waals surface area (Å²) in [5.74, 6) is -1.23. The second-order valence-electron chi connectivity index (χ2n) is 8.26. The van der Waals surface area contributed by atoms with Gasteiger partial charge in [0.05, 0.1) is 6.04 Å². The van der Waals surface area contributed by atoms with E-state index in [2.05, 4.69) is 45.9 Å². The van der Waals surface area contributed by atoms with Crippen molar-refractivity contribution in [1.82, 2.24) is 10.2 Å². The molecular formula is C26H29N3O2. The van der Waals surface area contributed by atoms with Gasteiger partial charge in [-0.2, -0.15) is 0 Å². The van der Waals surface area contributed by atoms with Gasteiger partial charge in [-0.05, 0) is 67.2 Å². The molecule has 2 N–H and O–H groups in total. The van der Waals surface area contributed by atoms with Crippen LogP contribution < -0.4 is 10.6 Å². The fourth-order valence-electron chi connectivity index (χ4n) is 4.48. The van der Waals surface area contributed by atoms with Crippen molar-refractivity contribution in [3.05, 3.63) is 77.4 Å². The van der Waals surface area contributed by atoms with Gasteiger partial charge in [-0.1, -0.05) is 60.7 Å².